The van der Waals surface area contributed by atoms with Gasteiger partial charge in [0.2, 0.25) is 10.0 Å². The number of sulfonamides is 1. The number of rotatable bonds is 6. The normalized spacial score (nSPS) is 11.3. The summed E-state index contributed by atoms with van der Waals surface area (Å²) in [7, 11) is -0.706. The van der Waals surface area contributed by atoms with Crippen molar-refractivity contribution < 1.29 is 22.3 Å². The molecule has 0 unspecified atom stereocenters. The van der Waals surface area contributed by atoms with Gasteiger partial charge in [-0.2, -0.15) is 0 Å². The maximum Gasteiger partial charge on any atom is 0.241 e. The molecule has 23 heavy (non-hydrogen) atoms. The Hall–Kier alpha value is -2.12. The van der Waals surface area contributed by atoms with E-state index in [4.69, 9.17) is 9.47 Å². The van der Waals surface area contributed by atoms with Crippen molar-refractivity contribution in [2.24, 2.45) is 0 Å². The van der Waals surface area contributed by atoms with E-state index in [2.05, 4.69) is 4.72 Å². The molecule has 0 saturated carbocycles. The molecule has 0 aliphatic rings. The van der Waals surface area contributed by atoms with E-state index in [1.165, 1.54) is 26.4 Å². The standard InChI is InChI=1S/C16H18FNO4S/c1-11-6-13(17)4-5-16(11)23(19,20)18-10-12-7-14(21-2)9-15(8-12)22-3/h4-9,18H,10H2,1-3H3. The van der Waals surface area contributed by atoms with Crippen LogP contribution in [-0.2, 0) is 16.6 Å². The van der Waals surface area contributed by atoms with Crippen LogP contribution in [0, 0.1) is 12.7 Å². The van der Waals surface area contributed by atoms with Gasteiger partial charge < -0.3 is 9.47 Å². The number of halogens is 1. The quantitative estimate of drug-likeness (QED) is 0.879. The lowest BCUT2D eigenvalue weighted by Gasteiger charge is -2.11. The number of aryl methyl sites for hydroxylation is 1. The Morgan fingerprint density at radius 3 is 2.17 bits per heavy atom. The highest BCUT2D eigenvalue weighted by atomic mass is 32.2. The van der Waals surface area contributed by atoms with Gasteiger partial charge in [-0.25, -0.2) is 17.5 Å². The van der Waals surface area contributed by atoms with Crippen molar-refractivity contribution in [3.8, 4) is 11.5 Å². The minimum Gasteiger partial charge on any atom is -0.497 e. The van der Waals surface area contributed by atoms with Gasteiger partial charge in [0.25, 0.3) is 0 Å². The van der Waals surface area contributed by atoms with Crippen LogP contribution in [0.4, 0.5) is 4.39 Å². The lowest BCUT2D eigenvalue weighted by Crippen LogP contribution is -2.24. The Kier molecular flexibility index (Phi) is 5.23. The minimum atomic E-state index is -3.74. The summed E-state index contributed by atoms with van der Waals surface area (Å²) in [5.41, 5.74) is 1.03. The molecular formula is C16H18FNO4S. The van der Waals surface area contributed by atoms with Crippen LogP contribution >= 0.6 is 0 Å². The van der Waals surface area contributed by atoms with Crippen molar-refractivity contribution >= 4 is 10.0 Å². The average molecular weight is 339 g/mol. The highest BCUT2D eigenvalue weighted by molar-refractivity contribution is 7.89. The number of hydrogen-bond donors (Lipinski definition) is 1. The van der Waals surface area contributed by atoms with Gasteiger partial charge in [0.15, 0.2) is 0 Å². The van der Waals surface area contributed by atoms with Crippen molar-refractivity contribution in [1.82, 2.24) is 4.72 Å². The molecule has 0 amide bonds. The third-order valence-electron chi connectivity index (χ3n) is 3.30. The van der Waals surface area contributed by atoms with Crippen LogP contribution < -0.4 is 14.2 Å². The molecule has 0 radical (unpaired) electrons. The second kappa shape index (κ2) is 6.97. The van der Waals surface area contributed by atoms with E-state index in [0.29, 0.717) is 22.6 Å². The predicted octanol–water partition coefficient (Wildman–Crippen LogP) is 2.63. The van der Waals surface area contributed by atoms with Gasteiger partial charge in [0.1, 0.15) is 17.3 Å². The molecule has 0 spiro atoms. The predicted molar refractivity (Wildman–Crippen MR) is 84.7 cm³/mol. The monoisotopic (exact) mass is 339 g/mol. The van der Waals surface area contributed by atoms with E-state index in [1.807, 2.05) is 0 Å². The van der Waals surface area contributed by atoms with E-state index < -0.39 is 15.8 Å². The Morgan fingerprint density at radius 1 is 1.04 bits per heavy atom. The molecular weight excluding hydrogens is 321 g/mol. The van der Waals surface area contributed by atoms with Crippen molar-refractivity contribution in [2.75, 3.05) is 14.2 Å². The van der Waals surface area contributed by atoms with E-state index in [-0.39, 0.29) is 11.4 Å². The molecule has 0 aliphatic heterocycles. The van der Waals surface area contributed by atoms with Crippen molar-refractivity contribution in [3.05, 3.63) is 53.3 Å². The van der Waals surface area contributed by atoms with Gasteiger partial charge in [0.05, 0.1) is 19.1 Å². The van der Waals surface area contributed by atoms with E-state index >= 15 is 0 Å². The summed E-state index contributed by atoms with van der Waals surface area (Å²) >= 11 is 0. The molecule has 0 heterocycles. The second-order valence-corrected chi connectivity index (χ2v) is 6.69. The largest absolute Gasteiger partial charge is 0.497 e. The van der Waals surface area contributed by atoms with Gasteiger partial charge in [0, 0.05) is 12.6 Å². The smallest absolute Gasteiger partial charge is 0.241 e. The molecule has 7 heteroatoms. The summed E-state index contributed by atoms with van der Waals surface area (Å²) in [4.78, 5) is 0.0498. The number of methoxy groups -OCH3 is 2. The summed E-state index contributed by atoms with van der Waals surface area (Å²) in [6, 6.07) is 8.67. The topological polar surface area (TPSA) is 64.6 Å². The summed E-state index contributed by atoms with van der Waals surface area (Å²) in [6.45, 7) is 1.61. The zero-order chi connectivity index (χ0) is 17.0. The molecule has 0 atom stereocenters. The third-order valence-corrected chi connectivity index (χ3v) is 4.87. The Labute approximate surface area is 135 Å². The second-order valence-electron chi connectivity index (χ2n) is 4.96. The first-order valence-electron chi connectivity index (χ1n) is 6.83. The Bertz CT molecular complexity index is 783. The molecule has 0 aromatic heterocycles. The van der Waals surface area contributed by atoms with Crippen LogP contribution in [0.15, 0.2) is 41.3 Å². The Balaban J connectivity index is 2.22. The highest BCUT2D eigenvalue weighted by Gasteiger charge is 2.17. The highest BCUT2D eigenvalue weighted by Crippen LogP contribution is 2.23. The zero-order valence-corrected chi connectivity index (χ0v) is 13.9. The van der Waals surface area contributed by atoms with Crippen molar-refractivity contribution in [3.63, 3.8) is 0 Å². The molecule has 124 valence electrons. The van der Waals surface area contributed by atoms with Gasteiger partial charge >= 0.3 is 0 Å². The molecule has 5 nitrogen and oxygen atoms in total. The average Bonchev–Trinajstić information content (AvgIpc) is 2.52. The first-order valence-corrected chi connectivity index (χ1v) is 8.32. The van der Waals surface area contributed by atoms with Crippen LogP contribution in [-0.4, -0.2) is 22.6 Å². The number of hydrogen-bond acceptors (Lipinski definition) is 4. The lowest BCUT2D eigenvalue weighted by atomic mass is 10.2. The third kappa shape index (κ3) is 4.20. The first kappa shape index (κ1) is 17.2. The summed E-state index contributed by atoms with van der Waals surface area (Å²) < 4.78 is 50.6. The van der Waals surface area contributed by atoms with Gasteiger partial charge in [-0.05, 0) is 48.4 Å². The maximum atomic E-state index is 13.1. The molecule has 0 bridgehead atoms. The zero-order valence-electron chi connectivity index (χ0n) is 13.1. The van der Waals surface area contributed by atoms with Crippen LogP contribution in [0.5, 0.6) is 11.5 Å². The fraction of sp³-hybridized carbons (Fsp3) is 0.250. The van der Waals surface area contributed by atoms with E-state index in [9.17, 15) is 12.8 Å². The summed E-state index contributed by atoms with van der Waals surface area (Å²) in [5.74, 6) is 0.659. The Morgan fingerprint density at radius 2 is 1.65 bits per heavy atom. The molecule has 0 fully saturated rings. The van der Waals surface area contributed by atoms with Gasteiger partial charge in [-0.3, -0.25) is 0 Å². The van der Waals surface area contributed by atoms with Gasteiger partial charge in [-0.15, -0.1) is 0 Å². The SMILES string of the molecule is COc1cc(CNS(=O)(=O)c2ccc(F)cc2C)cc(OC)c1. The number of benzene rings is 2. The van der Waals surface area contributed by atoms with Crippen molar-refractivity contribution in [1.29, 1.82) is 0 Å². The lowest BCUT2D eigenvalue weighted by molar-refractivity contribution is 0.393. The van der Waals surface area contributed by atoms with Crippen LogP contribution in [0.3, 0.4) is 0 Å². The first-order chi connectivity index (χ1) is 10.9. The number of nitrogens with one attached hydrogen (secondary N) is 1. The fourth-order valence-electron chi connectivity index (χ4n) is 2.14. The number of ether oxygens (including phenoxy) is 2. The fourth-order valence-corrected chi connectivity index (χ4v) is 3.38. The van der Waals surface area contributed by atoms with E-state index in [1.54, 1.807) is 25.1 Å². The van der Waals surface area contributed by atoms with Crippen LogP contribution in [0.25, 0.3) is 0 Å². The molecule has 2 aromatic rings. The summed E-state index contributed by atoms with van der Waals surface area (Å²) in [5, 5.41) is 0. The van der Waals surface area contributed by atoms with Crippen LogP contribution in [0.1, 0.15) is 11.1 Å². The molecule has 2 aromatic carbocycles. The maximum absolute atomic E-state index is 13.1. The molecule has 2 rings (SSSR count). The minimum absolute atomic E-state index is 0.0498. The van der Waals surface area contributed by atoms with Crippen molar-refractivity contribution in [2.45, 2.75) is 18.4 Å². The molecule has 0 saturated heterocycles. The molecule has 1 N–H and O–H groups in total. The summed E-state index contributed by atoms with van der Waals surface area (Å²) in [6.07, 6.45) is 0. The van der Waals surface area contributed by atoms with Crippen LogP contribution in [0.2, 0.25) is 0 Å². The van der Waals surface area contributed by atoms with E-state index in [0.717, 1.165) is 6.07 Å². The van der Waals surface area contributed by atoms with Gasteiger partial charge in [-0.1, -0.05) is 0 Å². The molecule has 0 aliphatic carbocycles.